The Bertz CT molecular complexity index is 563. The maximum Gasteiger partial charge on any atom is 0.252 e. The van der Waals surface area contributed by atoms with Crippen LogP contribution in [-0.2, 0) is 12.6 Å². The van der Waals surface area contributed by atoms with Crippen molar-refractivity contribution in [2.75, 3.05) is 6.54 Å². The molecule has 6 heteroatoms. The summed E-state index contributed by atoms with van der Waals surface area (Å²) in [6.45, 7) is 1.74. The first-order valence-corrected chi connectivity index (χ1v) is 5.89. The Labute approximate surface area is 111 Å². The van der Waals surface area contributed by atoms with E-state index in [0.717, 1.165) is 0 Å². The Kier molecular flexibility index (Phi) is 3.62. The van der Waals surface area contributed by atoms with Crippen LogP contribution in [0.5, 0.6) is 0 Å². The highest BCUT2D eigenvalue weighted by molar-refractivity contribution is 5.93. The van der Waals surface area contributed by atoms with E-state index in [1.165, 1.54) is 6.20 Å². The fourth-order valence-corrected chi connectivity index (χ4v) is 1.65. The van der Waals surface area contributed by atoms with Crippen molar-refractivity contribution in [2.45, 2.75) is 12.5 Å². The van der Waals surface area contributed by atoms with E-state index in [0.29, 0.717) is 11.1 Å². The first kappa shape index (κ1) is 13.2. The molecular weight excluding hydrogens is 244 g/mol. The van der Waals surface area contributed by atoms with E-state index in [4.69, 9.17) is 0 Å². The molecule has 2 N–H and O–H groups in total. The molecular formula is C13H16N4O2. The van der Waals surface area contributed by atoms with E-state index in [2.05, 4.69) is 15.4 Å². The van der Waals surface area contributed by atoms with E-state index < -0.39 is 5.60 Å². The molecule has 100 valence electrons. The van der Waals surface area contributed by atoms with Gasteiger partial charge in [-0.15, -0.1) is 0 Å². The lowest BCUT2D eigenvalue weighted by molar-refractivity contribution is 0.0525. The summed E-state index contributed by atoms with van der Waals surface area (Å²) in [5.74, 6) is -0.266. The molecule has 0 bridgehead atoms. The van der Waals surface area contributed by atoms with Crippen LogP contribution in [0.4, 0.5) is 0 Å². The van der Waals surface area contributed by atoms with E-state index in [1.54, 1.807) is 49.4 Å². The summed E-state index contributed by atoms with van der Waals surface area (Å²) in [6.07, 6.45) is 6.38. The van der Waals surface area contributed by atoms with Crippen LogP contribution < -0.4 is 5.32 Å². The van der Waals surface area contributed by atoms with Crippen molar-refractivity contribution in [1.29, 1.82) is 0 Å². The number of carbonyl (C=O) groups excluding carboxylic acids is 1. The van der Waals surface area contributed by atoms with Crippen LogP contribution in [0.3, 0.4) is 0 Å². The molecule has 2 heterocycles. The van der Waals surface area contributed by atoms with Crippen LogP contribution in [0.2, 0.25) is 0 Å². The van der Waals surface area contributed by atoms with E-state index in [1.807, 2.05) is 0 Å². The lowest BCUT2D eigenvalue weighted by Gasteiger charge is -2.22. The van der Waals surface area contributed by atoms with E-state index in [-0.39, 0.29) is 12.5 Å². The number of aryl methyl sites for hydroxylation is 1. The van der Waals surface area contributed by atoms with E-state index >= 15 is 0 Å². The predicted octanol–water partition coefficient (Wildman–Crippen LogP) is 0.453. The van der Waals surface area contributed by atoms with Gasteiger partial charge in [-0.05, 0) is 19.1 Å². The molecule has 0 radical (unpaired) electrons. The van der Waals surface area contributed by atoms with Crippen molar-refractivity contribution in [1.82, 2.24) is 20.1 Å². The molecule has 1 unspecified atom stereocenters. The smallest absolute Gasteiger partial charge is 0.252 e. The Morgan fingerprint density at radius 1 is 1.53 bits per heavy atom. The molecule has 0 fully saturated rings. The third-order valence-electron chi connectivity index (χ3n) is 2.84. The van der Waals surface area contributed by atoms with Gasteiger partial charge in [-0.3, -0.25) is 14.5 Å². The summed E-state index contributed by atoms with van der Waals surface area (Å²) in [5.41, 5.74) is -0.0439. The Balaban J connectivity index is 2.00. The highest BCUT2D eigenvalue weighted by atomic mass is 16.3. The zero-order chi connectivity index (χ0) is 13.9. The Hall–Kier alpha value is -2.21. The summed E-state index contributed by atoms with van der Waals surface area (Å²) in [5, 5.41) is 17.0. The van der Waals surface area contributed by atoms with Gasteiger partial charge in [0, 0.05) is 31.2 Å². The summed E-state index contributed by atoms with van der Waals surface area (Å²) < 4.78 is 1.60. The largest absolute Gasteiger partial charge is 0.383 e. The van der Waals surface area contributed by atoms with Crippen LogP contribution >= 0.6 is 0 Å². The number of aliphatic hydroxyl groups is 1. The molecule has 2 aromatic rings. The fourth-order valence-electron chi connectivity index (χ4n) is 1.65. The number of nitrogens with one attached hydrogen (secondary N) is 1. The first-order chi connectivity index (χ1) is 8.99. The molecule has 0 aromatic carbocycles. The van der Waals surface area contributed by atoms with Gasteiger partial charge < -0.3 is 10.4 Å². The first-order valence-electron chi connectivity index (χ1n) is 5.89. The summed E-state index contributed by atoms with van der Waals surface area (Å²) in [4.78, 5) is 15.7. The number of nitrogens with zero attached hydrogens (tertiary/aromatic N) is 3. The molecule has 6 nitrogen and oxygen atoms in total. The normalized spacial score (nSPS) is 13.8. The SMILES string of the molecule is Cn1cc(C(C)(O)CNC(=O)c2cccnc2)cn1. The summed E-state index contributed by atoms with van der Waals surface area (Å²) in [7, 11) is 1.77. The van der Waals surface area contributed by atoms with Gasteiger partial charge in [0.25, 0.3) is 5.91 Å². The fraction of sp³-hybridized carbons (Fsp3) is 0.308. The molecule has 0 saturated carbocycles. The second-order valence-electron chi connectivity index (χ2n) is 4.60. The molecule has 0 aliphatic rings. The molecule has 2 rings (SSSR count). The van der Waals surface area contributed by atoms with Crippen LogP contribution in [0.25, 0.3) is 0 Å². The van der Waals surface area contributed by atoms with Gasteiger partial charge in [0.15, 0.2) is 0 Å². The number of hydrogen-bond acceptors (Lipinski definition) is 4. The van der Waals surface area contributed by atoms with Crippen LogP contribution in [-0.4, -0.2) is 32.3 Å². The highest BCUT2D eigenvalue weighted by Gasteiger charge is 2.25. The quantitative estimate of drug-likeness (QED) is 0.836. The maximum absolute atomic E-state index is 11.8. The lowest BCUT2D eigenvalue weighted by Crippen LogP contribution is -2.38. The standard InChI is InChI=1S/C13H16N4O2/c1-13(19,11-7-16-17(2)8-11)9-15-12(18)10-4-3-5-14-6-10/h3-8,19H,9H2,1-2H3,(H,15,18). The van der Waals surface area contributed by atoms with Crippen molar-refractivity contribution in [3.8, 4) is 0 Å². The van der Waals surface area contributed by atoms with Crippen molar-refractivity contribution < 1.29 is 9.90 Å². The molecule has 2 aromatic heterocycles. The van der Waals surface area contributed by atoms with Gasteiger partial charge in [-0.1, -0.05) is 0 Å². The number of rotatable bonds is 4. The topological polar surface area (TPSA) is 80.0 Å². The van der Waals surface area contributed by atoms with Gasteiger partial charge in [0.05, 0.1) is 18.3 Å². The van der Waals surface area contributed by atoms with Gasteiger partial charge in [0.1, 0.15) is 5.60 Å². The maximum atomic E-state index is 11.8. The van der Waals surface area contributed by atoms with Crippen molar-refractivity contribution in [2.24, 2.45) is 7.05 Å². The molecule has 0 aliphatic carbocycles. The predicted molar refractivity (Wildman–Crippen MR) is 69.3 cm³/mol. The average molecular weight is 260 g/mol. The van der Waals surface area contributed by atoms with Gasteiger partial charge >= 0.3 is 0 Å². The second-order valence-corrected chi connectivity index (χ2v) is 4.60. The number of aromatic nitrogens is 3. The zero-order valence-corrected chi connectivity index (χ0v) is 10.9. The third-order valence-corrected chi connectivity index (χ3v) is 2.84. The molecule has 1 atom stereocenters. The molecule has 1 amide bonds. The number of amides is 1. The lowest BCUT2D eigenvalue weighted by atomic mass is 9.99. The number of carbonyl (C=O) groups is 1. The molecule has 19 heavy (non-hydrogen) atoms. The van der Waals surface area contributed by atoms with Gasteiger partial charge in [-0.2, -0.15) is 5.10 Å². The minimum absolute atomic E-state index is 0.104. The second kappa shape index (κ2) is 5.19. The van der Waals surface area contributed by atoms with Crippen LogP contribution in [0, 0.1) is 0 Å². The van der Waals surface area contributed by atoms with Crippen molar-refractivity contribution in [3.63, 3.8) is 0 Å². The Morgan fingerprint density at radius 3 is 2.89 bits per heavy atom. The van der Waals surface area contributed by atoms with Gasteiger partial charge in [-0.25, -0.2) is 0 Å². The minimum Gasteiger partial charge on any atom is -0.383 e. The highest BCUT2D eigenvalue weighted by Crippen LogP contribution is 2.18. The molecule has 0 spiro atoms. The van der Waals surface area contributed by atoms with E-state index in [9.17, 15) is 9.90 Å². The summed E-state index contributed by atoms with van der Waals surface area (Å²) in [6, 6.07) is 3.36. The monoisotopic (exact) mass is 260 g/mol. The average Bonchev–Trinajstić information content (AvgIpc) is 2.85. The molecule has 0 saturated heterocycles. The minimum atomic E-state index is -1.16. The van der Waals surface area contributed by atoms with Crippen LogP contribution in [0.1, 0.15) is 22.8 Å². The third kappa shape index (κ3) is 3.17. The molecule has 0 aliphatic heterocycles. The van der Waals surface area contributed by atoms with Crippen molar-refractivity contribution >= 4 is 5.91 Å². The zero-order valence-electron chi connectivity index (χ0n) is 10.9. The summed E-state index contributed by atoms with van der Waals surface area (Å²) >= 11 is 0. The number of hydrogen-bond donors (Lipinski definition) is 2. The number of pyridine rings is 1. The van der Waals surface area contributed by atoms with Crippen LogP contribution in [0.15, 0.2) is 36.9 Å². The Morgan fingerprint density at radius 2 is 2.32 bits per heavy atom. The van der Waals surface area contributed by atoms with Crippen molar-refractivity contribution in [3.05, 3.63) is 48.0 Å². The van der Waals surface area contributed by atoms with Gasteiger partial charge in [0.2, 0.25) is 0 Å².